The Morgan fingerprint density at radius 3 is 2.74 bits per heavy atom. The number of aromatic amines is 1. The van der Waals surface area contributed by atoms with Crippen LogP contribution in [0.15, 0.2) is 60.9 Å². The van der Waals surface area contributed by atoms with Gasteiger partial charge in [0.25, 0.3) is 5.91 Å². The molecule has 5 rings (SSSR count). The molecule has 9 heteroatoms. The van der Waals surface area contributed by atoms with E-state index < -0.39 is 5.97 Å². The first-order valence-electron chi connectivity index (χ1n) is 10.9. The summed E-state index contributed by atoms with van der Waals surface area (Å²) in [6.45, 7) is 4.18. The summed E-state index contributed by atoms with van der Waals surface area (Å²) >= 11 is 0. The number of hydrogen-bond donors (Lipinski definition) is 2. The van der Waals surface area contributed by atoms with Crippen LogP contribution in [-0.2, 0) is 13.0 Å². The molecule has 170 valence electrons. The zero-order chi connectivity index (χ0) is 23.8. The summed E-state index contributed by atoms with van der Waals surface area (Å²) in [5.41, 5.74) is 4.83. The first kappa shape index (κ1) is 21.3. The average Bonchev–Trinajstić information content (AvgIpc) is 3.45. The number of aryl methyl sites for hydroxylation is 2. The Kier molecular flexibility index (Phi) is 5.29. The van der Waals surface area contributed by atoms with Gasteiger partial charge in [-0.3, -0.25) is 19.3 Å². The van der Waals surface area contributed by atoms with Crippen molar-refractivity contribution in [2.75, 3.05) is 4.90 Å². The number of imidazole rings is 1. The van der Waals surface area contributed by atoms with Crippen LogP contribution in [0, 0.1) is 6.92 Å². The molecule has 9 nitrogen and oxygen atoms in total. The van der Waals surface area contributed by atoms with Crippen molar-refractivity contribution in [1.82, 2.24) is 24.6 Å². The fourth-order valence-corrected chi connectivity index (χ4v) is 4.12. The van der Waals surface area contributed by atoms with Crippen molar-refractivity contribution in [1.29, 1.82) is 0 Å². The Morgan fingerprint density at radius 2 is 1.97 bits per heavy atom. The van der Waals surface area contributed by atoms with Crippen molar-refractivity contribution < 1.29 is 14.7 Å². The highest BCUT2D eigenvalue weighted by atomic mass is 16.4. The predicted molar refractivity (Wildman–Crippen MR) is 127 cm³/mol. The van der Waals surface area contributed by atoms with Gasteiger partial charge in [0.15, 0.2) is 0 Å². The number of aromatic carboxylic acids is 1. The van der Waals surface area contributed by atoms with Crippen molar-refractivity contribution >= 4 is 34.1 Å². The van der Waals surface area contributed by atoms with E-state index >= 15 is 0 Å². The van der Waals surface area contributed by atoms with Crippen LogP contribution >= 0.6 is 0 Å². The van der Waals surface area contributed by atoms with E-state index in [2.05, 4.69) is 20.2 Å². The van der Waals surface area contributed by atoms with E-state index in [0.717, 1.165) is 34.4 Å². The number of hydrogen-bond acceptors (Lipinski definition) is 5. The summed E-state index contributed by atoms with van der Waals surface area (Å²) in [7, 11) is 0. The lowest BCUT2D eigenvalue weighted by atomic mass is 10.1. The number of anilines is 1. The van der Waals surface area contributed by atoms with Gasteiger partial charge in [-0.05, 0) is 49.7 Å². The van der Waals surface area contributed by atoms with E-state index in [-0.39, 0.29) is 18.0 Å². The second kappa shape index (κ2) is 8.43. The lowest BCUT2D eigenvalue weighted by Crippen LogP contribution is -2.32. The quantitative estimate of drug-likeness (QED) is 0.400. The number of carbonyl (C=O) groups is 2. The van der Waals surface area contributed by atoms with E-state index in [1.807, 2.05) is 50.2 Å². The number of carboxylic acid groups (broad SMARTS) is 1. The van der Waals surface area contributed by atoms with Crippen molar-refractivity contribution in [2.24, 2.45) is 0 Å². The Hall–Kier alpha value is -4.53. The van der Waals surface area contributed by atoms with Gasteiger partial charge < -0.3 is 10.0 Å². The van der Waals surface area contributed by atoms with Gasteiger partial charge in [0, 0.05) is 23.0 Å². The van der Waals surface area contributed by atoms with Crippen molar-refractivity contribution in [2.45, 2.75) is 26.8 Å². The molecule has 0 aliphatic rings. The number of H-pyrrole nitrogens is 1. The van der Waals surface area contributed by atoms with Gasteiger partial charge >= 0.3 is 5.97 Å². The molecule has 0 atom stereocenters. The number of carbonyl (C=O) groups excluding carboxylic acids is 1. The second-order valence-corrected chi connectivity index (χ2v) is 7.98. The van der Waals surface area contributed by atoms with Crippen molar-refractivity contribution in [3.8, 4) is 0 Å². The topological polar surface area (TPSA) is 116 Å². The third-order valence-electron chi connectivity index (χ3n) is 5.77. The van der Waals surface area contributed by atoms with Gasteiger partial charge in [-0.15, -0.1) is 0 Å². The summed E-state index contributed by atoms with van der Waals surface area (Å²) in [4.78, 5) is 35.9. The Bertz CT molecular complexity index is 1550. The zero-order valence-corrected chi connectivity index (χ0v) is 18.7. The number of amides is 1. The SMILES string of the molecule is CCc1[nH]nc2cccc(N(Cc3cccc(C)n3)C(=O)c3cnc4cc(C(=O)O)ccn34)c12. The first-order chi connectivity index (χ1) is 16.5. The maximum atomic E-state index is 14.0. The van der Waals surface area contributed by atoms with Crippen LogP contribution in [0.5, 0.6) is 0 Å². The summed E-state index contributed by atoms with van der Waals surface area (Å²) in [5, 5.41) is 17.6. The van der Waals surface area contributed by atoms with Gasteiger partial charge in [-0.25, -0.2) is 9.78 Å². The minimum absolute atomic E-state index is 0.105. The van der Waals surface area contributed by atoms with E-state index in [0.29, 0.717) is 17.0 Å². The molecule has 0 unspecified atom stereocenters. The van der Waals surface area contributed by atoms with Crippen molar-refractivity contribution in [3.63, 3.8) is 0 Å². The summed E-state index contributed by atoms with van der Waals surface area (Å²) in [5.74, 6) is -1.33. The third kappa shape index (κ3) is 3.66. The number of fused-ring (bicyclic) bond motifs is 2. The Labute approximate surface area is 194 Å². The molecule has 0 aliphatic heterocycles. The summed E-state index contributed by atoms with van der Waals surface area (Å²) in [6.07, 6.45) is 3.75. The lowest BCUT2D eigenvalue weighted by molar-refractivity contribution is 0.0696. The highest BCUT2D eigenvalue weighted by Gasteiger charge is 2.25. The average molecular weight is 454 g/mol. The number of benzene rings is 1. The molecule has 0 bridgehead atoms. The molecule has 34 heavy (non-hydrogen) atoms. The number of pyridine rings is 2. The first-order valence-corrected chi connectivity index (χ1v) is 10.9. The highest BCUT2D eigenvalue weighted by molar-refractivity contribution is 6.10. The third-order valence-corrected chi connectivity index (χ3v) is 5.77. The monoisotopic (exact) mass is 454 g/mol. The highest BCUT2D eigenvalue weighted by Crippen LogP contribution is 2.31. The van der Waals surface area contributed by atoms with E-state index in [9.17, 15) is 14.7 Å². The molecule has 0 radical (unpaired) electrons. The minimum atomic E-state index is -1.05. The van der Waals surface area contributed by atoms with E-state index in [1.165, 1.54) is 18.3 Å². The van der Waals surface area contributed by atoms with Gasteiger partial charge in [0.05, 0.1) is 35.2 Å². The van der Waals surface area contributed by atoms with Crippen LogP contribution in [0.2, 0.25) is 0 Å². The molecule has 0 saturated heterocycles. The molecular formula is C25H22N6O3. The Balaban J connectivity index is 1.66. The van der Waals surface area contributed by atoms with Crippen molar-refractivity contribution in [3.05, 3.63) is 89.3 Å². The van der Waals surface area contributed by atoms with Crippen LogP contribution in [0.3, 0.4) is 0 Å². The van der Waals surface area contributed by atoms with Crippen LogP contribution in [0.1, 0.15) is 44.9 Å². The van der Waals surface area contributed by atoms with Gasteiger partial charge in [0.1, 0.15) is 11.3 Å². The number of rotatable bonds is 6. The number of nitrogens with zero attached hydrogens (tertiary/aromatic N) is 5. The predicted octanol–water partition coefficient (Wildman–Crippen LogP) is 4.02. The molecule has 0 saturated carbocycles. The summed E-state index contributed by atoms with van der Waals surface area (Å²) in [6, 6.07) is 14.3. The maximum absolute atomic E-state index is 14.0. The standard InChI is InChI=1S/C25H22N6O3/c1-3-18-23-19(29-28-18)8-5-9-20(23)31(14-17-7-4-6-15(2)27-17)24(32)21-13-26-22-12-16(25(33)34)10-11-30(21)22/h4-13H,3,14H2,1-2H3,(H,28,29)(H,33,34). The molecule has 2 N–H and O–H groups in total. The van der Waals surface area contributed by atoms with Gasteiger partial charge in [0.2, 0.25) is 0 Å². The maximum Gasteiger partial charge on any atom is 0.335 e. The normalized spacial score (nSPS) is 11.2. The Morgan fingerprint density at radius 1 is 1.15 bits per heavy atom. The van der Waals surface area contributed by atoms with Crippen LogP contribution in [0.25, 0.3) is 16.6 Å². The minimum Gasteiger partial charge on any atom is -0.478 e. The molecular weight excluding hydrogens is 432 g/mol. The van der Waals surface area contributed by atoms with Gasteiger partial charge in [-0.2, -0.15) is 5.10 Å². The number of nitrogens with one attached hydrogen (secondary N) is 1. The van der Waals surface area contributed by atoms with E-state index in [4.69, 9.17) is 0 Å². The molecule has 0 aliphatic carbocycles. The van der Waals surface area contributed by atoms with Crippen LogP contribution < -0.4 is 4.90 Å². The molecule has 5 aromatic rings. The second-order valence-electron chi connectivity index (χ2n) is 7.98. The van der Waals surface area contributed by atoms with Crippen LogP contribution in [0.4, 0.5) is 5.69 Å². The largest absolute Gasteiger partial charge is 0.478 e. The number of carboxylic acids is 1. The molecule has 1 amide bonds. The molecule has 4 heterocycles. The van der Waals surface area contributed by atoms with Gasteiger partial charge in [-0.1, -0.05) is 19.1 Å². The number of aromatic nitrogens is 5. The smallest absolute Gasteiger partial charge is 0.335 e. The molecule has 1 aromatic carbocycles. The molecule has 0 spiro atoms. The van der Waals surface area contributed by atoms with Crippen LogP contribution in [-0.4, -0.2) is 41.5 Å². The fraction of sp³-hybridized carbons (Fsp3) is 0.160. The van der Waals surface area contributed by atoms with E-state index in [1.54, 1.807) is 15.5 Å². The molecule has 0 fully saturated rings. The molecule has 4 aromatic heterocycles. The fourth-order valence-electron chi connectivity index (χ4n) is 4.12. The lowest BCUT2D eigenvalue weighted by Gasteiger charge is -2.24. The zero-order valence-electron chi connectivity index (χ0n) is 18.7. The summed E-state index contributed by atoms with van der Waals surface area (Å²) < 4.78 is 1.60.